The van der Waals surface area contributed by atoms with Crippen LogP contribution in [0.15, 0.2) is 59.0 Å². The lowest BCUT2D eigenvalue weighted by molar-refractivity contribution is -0.387. The van der Waals surface area contributed by atoms with Crippen molar-refractivity contribution >= 4 is 23.4 Å². The van der Waals surface area contributed by atoms with Gasteiger partial charge in [-0.1, -0.05) is 6.07 Å². The number of carbonyl (C=O) groups is 1. The molecule has 0 aliphatic carbocycles. The molecule has 3 aromatic rings. The van der Waals surface area contributed by atoms with Gasteiger partial charge in [0.2, 0.25) is 0 Å². The fourth-order valence-corrected chi connectivity index (χ4v) is 3.19. The maximum absolute atomic E-state index is 12.5. The van der Waals surface area contributed by atoms with E-state index in [4.69, 9.17) is 0 Å². The molecule has 3 rings (SSSR count). The highest BCUT2D eigenvalue weighted by molar-refractivity contribution is 7.99. The number of nitrogens with one attached hydrogen (secondary N) is 1. The number of carbonyl (C=O) groups excluding carboxylic acids is 1. The molecular weight excluding hydrogens is 368 g/mol. The van der Waals surface area contributed by atoms with Crippen LogP contribution in [0.2, 0.25) is 0 Å². The molecule has 138 valence electrons. The zero-order valence-corrected chi connectivity index (χ0v) is 15.4. The molecule has 1 N–H and O–H groups in total. The van der Waals surface area contributed by atoms with Gasteiger partial charge in [0.05, 0.1) is 21.6 Å². The summed E-state index contributed by atoms with van der Waals surface area (Å²) in [6, 6.07) is 9.44. The molecule has 2 aromatic heterocycles. The van der Waals surface area contributed by atoms with E-state index in [0.717, 1.165) is 11.8 Å². The SMILES string of the molecule is CC(NC(=O)c1ccc(Sc2nncn2C)c([N+](=O)[O-])c1)c1ccccn1. The molecule has 9 nitrogen and oxygen atoms in total. The number of nitrogens with zero attached hydrogens (tertiary/aromatic N) is 5. The third-order valence-corrected chi connectivity index (χ3v) is 4.89. The van der Waals surface area contributed by atoms with Gasteiger partial charge in [0.15, 0.2) is 5.16 Å². The van der Waals surface area contributed by atoms with Crippen LogP contribution in [0.1, 0.15) is 29.0 Å². The molecular formula is C17H16N6O3S. The molecule has 1 amide bonds. The average molecular weight is 384 g/mol. The second-order valence-corrected chi connectivity index (χ2v) is 6.72. The Kier molecular flexibility index (Phi) is 5.46. The third kappa shape index (κ3) is 4.29. The topological polar surface area (TPSA) is 116 Å². The van der Waals surface area contributed by atoms with Crippen LogP contribution in [0.5, 0.6) is 0 Å². The number of hydrogen-bond acceptors (Lipinski definition) is 7. The zero-order valence-electron chi connectivity index (χ0n) is 14.6. The van der Waals surface area contributed by atoms with Gasteiger partial charge >= 0.3 is 0 Å². The predicted molar refractivity (Wildman–Crippen MR) is 98.3 cm³/mol. The molecule has 10 heteroatoms. The van der Waals surface area contributed by atoms with Crippen LogP contribution in [0, 0.1) is 10.1 Å². The summed E-state index contributed by atoms with van der Waals surface area (Å²) in [5.41, 5.74) is 0.739. The summed E-state index contributed by atoms with van der Waals surface area (Å²) in [6.07, 6.45) is 3.15. The molecule has 0 aliphatic rings. The van der Waals surface area contributed by atoms with E-state index in [1.54, 1.807) is 42.9 Å². The van der Waals surface area contributed by atoms with E-state index < -0.39 is 10.8 Å². The van der Waals surface area contributed by atoms with E-state index >= 15 is 0 Å². The van der Waals surface area contributed by atoms with E-state index in [1.807, 2.05) is 6.07 Å². The quantitative estimate of drug-likeness (QED) is 0.513. The molecule has 1 unspecified atom stereocenters. The standard InChI is InChI=1S/C17H16N6O3S/c1-11(13-5-3-4-8-18-13)20-16(24)12-6-7-15(14(9-12)23(25)26)27-17-21-19-10-22(17)2/h3-11H,1-2H3,(H,20,24). The first-order valence-electron chi connectivity index (χ1n) is 7.98. The van der Waals surface area contributed by atoms with Crippen LogP contribution < -0.4 is 5.32 Å². The minimum atomic E-state index is -0.516. The minimum Gasteiger partial charge on any atom is -0.344 e. The van der Waals surface area contributed by atoms with Crippen molar-refractivity contribution in [2.45, 2.75) is 23.0 Å². The van der Waals surface area contributed by atoms with Gasteiger partial charge < -0.3 is 9.88 Å². The van der Waals surface area contributed by atoms with Crippen molar-refractivity contribution in [2.75, 3.05) is 0 Å². The van der Waals surface area contributed by atoms with E-state index in [9.17, 15) is 14.9 Å². The number of pyridine rings is 1. The number of aryl methyl sites for hydroxylation is 1. The first-order chi connectivity index (χ1) is 13.0. The summed E-state index contributed by atoms with van der Waals surface area (Å²) >= 11 is 1.11. The number of aromatic nitrogens is 4. The lowest BCUT2D eigenvalue weighted by atomic mass is 10.1. The van der Waals surface area contributed by atoms with Crippen molar-refractivity contribution in [1.29, 1.82) is 0 Å². The van der Waals surface area contributed by atoms with E-state index in [-0.39, 0.29) is 17.3 Å². The minimum absolute atomic E-state index is 0.166. The molecule has 2 heterocycles. The fraction of sp³-hybridized carbons (Fsp3) is 0.176. The van der Waals surface area contributed by atoms with Crippen molar-refractivity contribution in [1.82, 2.24) is 25.1 Å². The Balaban J connectivity index is 1.82. The van der Waals surface area contributed by atoms with Gasteiger partial charge in [-0.3, -0.25) is 19.9 Å². The highest BCUT2D eigenvalue weighted by atomic mass is 32.2. The maximum Gasteiger partial charge on any atom is 0.284 e. The van der Waals surface area contributed by atoms with Gasteiger partial charge in [-0.25, -0.2) is 0 Å². The first kappa shape index (κ1) is 18.5. The van der Waals surface area contributed by atoms with Crippen molar-refractivity contribution < 1.29 is 9.72 Å². The maximum atomic E-state index is 12.5. The van der Waals surface area contributed by atoms with E-state index in [2.05, 4.69) is 20.5 Å². The molecule has 1 aromatic carbocycles. The number of nitro groups is 1. The smallest absolute Gasteiger partial charge is 0.284 e. The predicted octanol–water partition coefficient (Wildman–Crippen LogP) is 2.76. The van der Waals surface area contributed by atoms with Gasteiger partial charge in [0, 0.05) is 24.9 Å². The second-order valence-electron chi connectivity index (χ2n) is 5.72. The first-order valence-corrected chi connectivity index (χ1v) is 8.79. The summed E-state index contributed by atoms with van der Waals surface area (Å²) in [4.78, 5) is 28.0. The van der Waals surface area contributed by atoms with Gasteiger partial charge in [0.1, 0.15) is 6.33 Å². The normalized spacial score (nSPS) is 11.8. The van der Waals surface area contributed by atoms with Crippen LogP contribution >= 0.6 is 11.8 Å². The molecule has 0 saturated heterocycles. The molecule has 27 heavy (non-hydrogen) atoms. The zero-order chi connectivity index (χ0) is 19.4. The summed E-state index contributed by atoms with van der Waals surface area (Å²) in [6.45, 7) is 1.80. The Morgan fingerprint density at radius 3 is 2.78 bits per heavy atom. The number of amides is 1. The Morgan fingerprint density at radius 1 is 1.33 bits per heavy atom. The van der Waals surface area contributed by atoms with Crippen LogP contribution in [0.3, 0.4) is 0 Å². The molecule has 0 bridgehead atoms. The summed E-state index contributed by atoms with van der Waals surface area (Å²) in [5.74, 6) is -0.411. The molecule has 0 fully saturated rings. The van der Waals surface area contributed by atoms with Gasteiger partial charge in [0.25, 0.3) is 11.6 Å². The molecule has 0 aliphatic heterocycles. The highest BCUT2D eigenvalue weighted by Gasteiger charge is 2.21. The van der Waals surface area contributed by atoms with Crippen LogP contribution in [-0.4, -0.2) is 30.6 Å². The second kappa shape index (κ2) is 7.96. The van der Waals surface area contributed by atoms with Crippen molar-refractivity contribution in [3.05, 3.63) is 70.3 Å². The largest absolute Gasteiger partial charge is 0.344 e. The van der Waals surface area contributed by atoms with Crippen LogP contribution in [0.4, 0.5) is 5.69 Å². The van der Waals surface area contributed by atoms with E-state index in [1.165, 1.54) is 18.5 Å². The Hall–Kier alpha value is -3.27. The number of nitro benzene ring substituents is 1. The van der Waals surface area contributed by atoms with Crippen molar-refractivity contribution in [3.8, 4) is 0 Å². The lowest BCUT2D eigenvalue weighted by Gasteiger charge is -2.13. The third-order valence-electron chi connectivity index (χ3n) is 3.77. The fourth-order valence-electron chi connectivity index (χ4n) is 2.34. The van der Waals surface area contributed by atoms with E-state index in [0.29, 0.717) is 15.7 Å². The molecule has 1 atom stereocenters. The van der Waals surface area contributed by atoms with Gasteiger partial charge in [-0.05, 0) is 43.0 Å². The summed E-state index contributed by atoms with van der Waals surface area (Å²) in [7, 11) is 1.75. The number of hydrogen-bond donors (Lipinski definition) is 1. The Labute approximate surface area is 159 Å². The van der Waals surface area contributed by atoms with Gasteiger partial charge in [-0.2, -0.15) is 0 Å². The average Bonchev–Trinajstić information content (AvgIpc) is 3.07. The molecule has 0 spiro atoms. The highest BCUT2D eigenvalue weighted by Crippen LogP contribution is 2.34. The molecule has 0 saturated carbocycles. The Morgan fingerprint density at radius 2 is 2.15 bits per heavy atom. The van der Waals surface area contributed by atoms with Gasteiger partial charge in [-0.15, -0.1) is 10.2 Å². The Bertz CT molecular complexity index is 976. The number of benzene rings is 1. The van der Waals surface area contributed by atoms with Crippen LogP contribution in [0.25, 0.3) is 0 Å². The lowest BCUT2D eigenvalue weighted by Crippen LogP contribution is -2.27. The summed E-state index contributed by atoms with van der Waals surface area (Å²) < 4.78 is 1.66. The van der Waals surface area contributed by atoms with Crippen molar-refractivity contribution in [2.24, 2.45) is 7.05 Å². The molecule has 0 radical (unpaired) electrons. The van der Waals surface area contributed by atoms with Crippen LogP contribution in [-0.2, 0) is 7.05 Å². The number of rotatable bonds is 6. The van der Waals surface area contributed by atoms with Crippen molar-refractivity contribution in [3.63, 3.8) is 0 Å². The monoisotopic (exact) mass is 384 g/mol. The summed E-state index contributed by atoms with van der Waals surface area (Å²) in [5, 5.41) is 22.4.